The highest BCUT2D eigenvalue weighted by atomic mass is 16.5. The third-order valence-electron chi connectivity index (χ3n) is 5.00. The van der Waals surface area contributed by atoms with Crippen molar-refractivity contribution in [3.8, 4) is 22.8 Å². The van der Waals surface area contributed by atoms with Gasteiger partial charge >= 0.3 is 5.97 Å². The summed E-state index contributed by atoms with van der Waals surface area (Å²) in [6, 6.07) is 12.3. The van der Waals surface area contributed by atoms with E-state index in [1.165, 1.54) is 52.9 Å². The molecule has 190 valence electrons. The zero-order valence-electron chi connectivity index (χ0n) is 21.8. The number of aryl methyl sites for hydroxylation is 4. The van der Waals surface area contributed by atoms with Crippen LogP contribution in [0.25, 0.3) is 35.2 Å². The van der Waals surface area contributed by atoms with E-state index in [0.717, 1.165) is 22.3 Å². The summed E-state index contributed by atoms with van der Waals surface area (Å²) in [5.74, 6) is 0.846. The van der Waals surface area contributed by atoms with Crippen LogP contribution in [-0.4, -0.2) is 48.4 Å². The molecule has 9 nitrogen and oxygen atoms in total. The second kappa shape index (κ2) is 12.3. The highest BCUT2D eigenvalue weighted by Crippen LogP contribution is 2.19. The largest absolute Gasteiger partial charge is 0.466 e. The van der Waals surface area contributed by atoms with Gasteiger partial charge in [-0.05, 0) is 65.0 Å². The highest BCUT2D eigenvalue weighted by Gasteiger charge is 2.06. The number of rotatable bonds is 6. The smallest absolute Gasteiger partial charge is 0.332 e. The second-order valence-electron chi connectivity index (χ2n) is 8.61. The Morgan fingerprint density at radius 2 is 1.11 bits per heavy atom. The molecule has 2 aromatic carbocycles. The molecule has 0 saturated carbocycles. The Morgan fingerprint density at radius 3 is 1.49 bits per heavy atom. The van der Waals surface area contributed by atoms with Gasteiger partial charge in [-0.2, -0.15) is 0 Å². The average molecular weight is 499 g/mol. The average Bonchev–Trinajstić information content (AvgIpc) is 3.50. The maximum atomic E-state index is 11.0. The third-order valence-corrected chi connectivity index (χ3v) is 5.00. The fourth-order valence-electron chi connectivity index (χ4n) is 3.55. The molecule has 0 amide bonds. The molecule has 2 aromatic heterocycles. The van der Waals surface area contributed by atoms with E-state index in [0.29, 0.717) is 11.6 Å². The number of carbonyl (C=O) groups excluding carboxylic acids is 2. The number of ether oxygens (including phenoxy) is 1. The summed E-state index contributed by atoms with van der Waals surface area (Å²) in [6.45, 7) is 9.65. The SMILES string of the molecule is CC(=O)/C=C\n1cnc(-c2cc(C)cc(C)c2)n1.COC(=O)/C=C\n1cnc(-c2cc(C)cc(C)c2)n1. The van der Waals surface area contributed by atoms with Crippen LogP contribution < -0.4 is 0 Å². The summed E-state index contributed by atoms with van der Waals surface area (Å²) in [5.41, 5.74) is 6.64. The first kappa shape index (κ1) is 26.9. The molecule has 0 unspecified atom stereocenters. The number of aromatic nitrogens is 6. The van der Waals surface area contributed by atoms with Crippen molar-refractivity contribution >= 4 is 24.2 Å². The highest BCUT2D eigenvalue weighted by molar-refractivity contribution is 5.89. The van der Waals surface area contributed by atoms with Crippen molar-refractivity contribution < 1.29 is 14.3 Å². The monoisotopic (exact) mass is 498 g/mol. The molecular weight excluding hydrogens is 468 g/mol. The number of carbonyl (C=O) groups is 2. The molecule has 0 spiro atoms. The molecule has 0 aliphatic rings. The van der Waals surface area contributed by atoms with Crippen molar-refractivity contribution in [2.24, 2.45) is 0 Å². The van der Waals surface area contributed by atoms with E-state index in [1.54, 1.807) is 18.9 Å². The van der Waals surface area contributed by atoms with Gasteiger partial charge in [0, 0.05) is 29.6 Å². The summed E-state index contributed by atoms with van der Waals surface area (Å²) in [5, 5.41) is 8.58. The first-order valence-corrected chi connectivity index (χ1v) is 11.6. The van der Waals surface area contributed by atoms with Crippen molar-refractivity contribution in [1.29, 1.82) is 0 Å². The van der Waals surface area contributed by atoms with Crippen molar-refractivity contribution in [2.45, 2.75) is 34.6 Å². The number of benzene rings is 2. The number of hydrogen-bond acceptors (Lipinski definition) is 7. The molecule has 0 aliphatic heterocycles. The molecule has 9 heteroatoms. The van der Waals surface area contributed by atoms with E-state index < -0.39 is 5.97 Å². The molecule has 0 N–H and O–H groups in total. The zero-order chi connectivity index (χ0) is 26.9. The number of hydrogen-bond donors (Lipinski definition) is 0. The van der Waals surface area contributed by atoms with Crippen LogP contribution in [0.4, 0.5) is 0 Å². The van der Waals surface area contributed by atoms with Crippen LogP contribution in [0.15, 0.2) is 61.2 Å². The quantitative estimate of drug-likeness (QED) is 0.277. The summed E-state index contributed by atoms with van der Waals surface area (Å²) in [4.78, 5) is 30.3. The van der Waals surface area contributed by atoms with Crippen molar-refractivity contribution in [1.82, 2.24) is 29.5 Å². The molecule has 0 saturated heterocycles. The molecule has 0 bridgehead atoms. The van der Waals surface area contributed by atoms with Gasteiger partial charge in [-0.3, -0.25) is 4.79 Å². The fourth-order valence-corrected chi connectivity index (χ4v) is 3.55. The van der Waals surface area contributed by atoms with Crippen molar-refractivity contribution in [3.63, 3.8) is 0 Å². The summed E-state index contributed by atoms with van der Waals surface area (Å²) in [6.07, 6.45) is 8.99. The minimum Gasteiger partial charge on any atom is -0.466 e. The summed E-state index contributed by atoms with van der Waals surface area (Å²) in [7, 11) is 1.33. The Hall–Kier alpha value is -4.66. The lowest BCUT2D eigenvalue weighted by Gasteiger charge is -2.00. The van der Waals surface area contributed by atoms with Gasteiger partial charge in [-0.25, -0.2) is 24.1 Å². The molecule has 0 aliphatic carbocycles. The first-order valence-electron chi connectivity index (χ1n) is 11.6. The molecule has 0 radical (unpaired) electrons. The van der Waals surface area contributed by atoms with Crippen LogP contribution in [-0.2, 0) is 14.3 Å². The van der Waals surface area contributed by atoms with E-state index in [4.69, 9.17) is 0 Å². The van der Waals surface area contributed by atoms with Gasteiger partial charge in [-0.15, -0.1) is 10.2 Å². The van der Waals surface area contributed by atoms with Crippen LogP contribution in [0.1, 0.15) is 29.2 Å². The molecule has 2 heterocycles. The van der Waals surface area contributed by atoms with Gasteiger partial charge in [-0.1, -0.05) is 34.4 Å². The Labute approximate surface area is 216 Å². The minimum atomic E-state index is -0.427. The number of ketones is 1. The first-order chi connectivity index (χ1) is 17.6. The molecule has 0 fully saturated rings. The lowest BCUT2D eigenvalue weighted by atomic mass is 10.1. The molecule has 4 rings (SSSR count). The lowest BCUT2D eigenvalue weighted by Crippen LogP contribution is -1.96. The zero-order valence-corrected chi connectivity index (χ0v) is 21.8. The third kappa shape index (κ3) is 8.21. The Balaban J connectivity index is 0.000000206. The number of esters is 1. The lowest BCUT2D eigenvalue weighted by molar-refractivity contribution is -0.134. The van der Waals surface area contributed by atoms with Crippen molar-refractivity contribution in [2.75, 3.05) is 7.11 Å². The van der Waals surface area contributed by atoms with Gasteiger partial charge in [0.25, 0.3) is 0 Å². The van der Waals surface area contributed by atoms with Crippen LogP contribution in [0.3, 0.4) is 0 Å². The van der Waals surface area contributed by atoms with E-state index in [-0.39, 0.29) is 5.78 Å². The maximum Gasteiger partial charge on any atom is 0.332 e. The molecule has 0 atom stereocenters. The number of allylic oxidation sites excluding steroid dienone is 1. The van der Waals surface area contributed by atoms with E-state index >= 15 is 0 Å². The van der Waals surface area contributed by atoms with Gasteiger partial charge in [0.15, 0.2) is 17.4 Å². The van der Waals surface area contributed by atoms with Crippen LogP contribution in [0.2, 0.25) is 0 Å². The fraction of sp³-hybridized carbons (Fsp3) is 0.214. The topological polar surface area (TPSA) is 105 Å². The van der Waals surface area contributed by atoms with Crippen molar-refractivity contribution in [3.05, 3.63) is 83.5 Å². The summed E-state index contributed by atoms with van der Waals surface area (Å²) >= 11 is 0. The molecule has 37 heavy (non-hydrogen) atoms. The predicted molar refractivity (Wildman–Crippen MR) is 143 cm³/mol. The van der Waals surface area contributed by atoms with Gasteiger partial charge in [0.2, 0.25) is 0 Å². The Bertz CT molecular complexity index is 1420. The van der Waals surface area contributed by atoms with Crippen LogP contribution in [0, 0.1) is 27.7 Å². The standard InChI is InChI=1S/C14H15N3O2.C14H15N3O/c1-10-6-11(2)8-12(7-10)14-15-9-17(16-14)5-4-13(18)19-3;1-10-6-11(2)8-13(7-10)14-15-9-17(16-14)5-4-12(3)18/h4-9H,1-3H3;4-9H,1-3H3/b2*5-4-. The number of nitrogens with zero attached hydrogens (tertiary/aromatic N) is 6. The van der Waals surface area contributed by atoms with Gasteiger partial charge < -0.3 is 4.74 Å². The van der Waals surface area contributed by atoms with E-state index in [2.05, 4.69) is 37.0 Å². The van der Waals surface area contributed by atoms with E-state index in [9.17, 15) is 9.59 Å². The van der Waals surface area contributed by atoms with Crippen LogP contribution in [0.5, 0.6) is 0 Å². The normalized spacial score (nSPS) is 11.0. The van der Waals surface area contributed by atoms with Gasteiger partial charge in [0.1, 0.15) is 12.7 Å². The maximum absolute atomic E-state index is 11.0. The van der Waals surface area contributed by atoms with E-state index in [1.807, 2.05) is 52.0 Å². The predicted octanol–water partition coefficient (Wildman–Crippen LogP) is 4.83. The molecule has 4 aromatic rings. The Kier molecular flexibility index (Phi) is 8.99. The Morgan fingerprint density at radius 1 is 0.703 bits per heavy atom. The second-order valence-corrected chi connectivity index (χ2v) is 8.61. The minimum absolute atomic E-state index is 0.0153. The van der Waals surface area contributed by atoms with Crippen LogP contribution >= 0.6 is 0 Å². The summed E-state index contributed by atoms with van der Waals surface area (Å²) < 4.78 is 7.52. The molecular formula is C28H30N6O3. The number of methoxy groups -OCH3 is 1. The van der Waals surface area contributed by atoms with Gasteiger partial charge in [0.05, 0.1) is 7.11 Å².